The van der Waals surface area contributed by atoms with Gasteiger partial charge in [0.05, 0.1) is 19.9 Å². The molecular formula is C19H17N3O5. The first kappa shape index (κ1) is 18.0. The predicted octanol–water partition coefficient (Wildman–Crippen LogP) is 1.80. The Morgan fingerprint density at radius 3 is 2.37 bits per heavy atom. The molecule has 0 fully saturated rings. The molecule has 1 heterocycles. The number of hydrogen-bond donors (Lipinski definition) is 2. The first-order valence-corrected chi connectivity index (χ1v) is 7.98. The molecule has 3 rings (SSSR count). The second-order valence-corrected chi connectivity index (χ2v) is 5.51. The van der Waals surface area contributed by atoms with Gasteiger partial charge in [-0.15, -0.1) is 0 Å². The van der Waals surface area contributed by atoms with Gasteiger partial charge in [0.2, 0.25) is 0 Å². The Morgan fingerprint density at radius 1 is 1.00 bits per heavy atom. The van der Waals surface area contributed by atoms with Crippen molar-refractivity contribution in [1.82, 2.24) is 9.55 Å². The van der Waals surface area contributed by atoms with Gasteiger partial charge < -0.3 is 19.8 Å². The monoisotopic (exact) mass is 367 g/mol. The molecule has 8 heteroatoms. The lowest BCUT2D eigenvalue weighted by Gasteiger charge is -2.11. The Kier molecular flexibility index (Phi) is 5.07. The Hall–Kier alpha value is -3.81. The minimum Gasteiger partial charge on any atom is -0.493 e. The lowest BCUT2D eigenvalue weighted by molar-refractivity contribution is 0.102. The van der Waals surface area contributed by atoms with Crippen LogP contribution in [0.5, 0.6) is 11.5 Å². The van der Waals surface area contributed by atoms with Gasteiger partial charge in [-0.25, -0.2) is 9.36 Å². The van der Waals surface area contributed by atoms with E-state index in [1.54, 1.807) is 36.4 Å². The van der Waals surface area contributed by atoms with Crippen LogP contribution in [0.4, 0.5) is 5.69 Å². The fraction of sp³-hybridized carbons (Fsp3) is 0.105. The number of aromatic amines is 1. The van der Waals surface area contributed by atoms with Crippen molar-refractivity contribution in [2.45, 2.75) is 0 Å². The number of benzene rings is 2. The van der Waals surface area contributed by atoms with Crippen LogP contribution < -0.4 is 26.0 Å². The number of carbonyl (C=O) groups is 1. The first-order chi connectivity index (χ1) is 13.0. The van der Waals surface area contributed by atoms with E-state index in [1.165, 1.54) is 26.4 Å². The third-order valence-corrected chi connectivity index (χ3v) is 3.88. The molecule has 1 aromatic heterocycles. The van der Waals surface area contributed by atoms with Crippen molar-refractivity contribution in [3.05, 3.63) is 81.1 Å². The molecular weight excluding hydrogens is 350 g/mol. The number of hydrogen-bond acceptors (Lipinski definition) is 5. The number of H-pyrrole nitrogens is 1. The van der Waals surface area contributed by atoms with Gasteiger partial charge in [-0.1, -0.05) is 18.2 Å². The quantitative estimate of drug-likeness (QED) is 0.716. The molecule has 1 amide bonds. The minimum absolute atomic E-state index is 0.201. The third kappa shape index (κ3) is 3.59. The SMILES string of the molecule is COc1ccc(-n2c(=O)[nH]cc(C(=O)Nc3ccccc3)c2=O)cc1OC. The van der Waals surface area contributed by atoms with Crippen LogP contribution in [0.3, 0.4) is 0 Å². The number of carbonyl (C=O) groups excluding carboxylic acids is 1. The molecule has 0 unspecified atom stereocenters. The lowest BCUT2D eigenvalue weighted by atomic mass is 10.2. The molecule has 0 spiro atoms. The highest BCUT2D eigenvalue weighted by Crippen LogP contribution is 2.28. The molecule has 27 heavy (non-hydrogen) atoms. The Balaban J connectivity index is 2.05. The number of anilines is 1. The maximum atomic E-state index is 12.8. The molecule has 0 aliphatic carbocycles. The standard InChI is InChI=1S/C19H17N3O5/c1-26-15-9-8-13(10-16(15)27-2)22-18(24)14(11-20-19(22)25)17(23)21-12-6-4-3-5-7-12/h3-11H,1-2H3,(H,20,25)(H,21,23). The molecule has 0 saturated carbocycles. The van der Waals surface area contributed by atoms with E-state index in [0.717, 1.165) is 10.8 Å². The van der Waals surface area contributed by atoms with Crippen molar-refractivity contribution in [3.8, 4) is 17.2 Å². The maximum absolute atomic E-state index is 12.8. The summed E-state index contributed by atoms with van der Waals surface area (Å²) < 4.78 is 11.2. The van der Waals surface area contributed by atoms with Gasteiger partial charge >= 0.3 is 5.69 Å². The van der Waals surface area contributed by atoms with Gasteiger partial charge in [-0.3, -0.25) is 9.59 Å². The van der Waals surface area contributed by atoms with Gasteiger partial charge in [0.1, 0.15) is 5.56 Å². The zero-order chi connectivity index (χ0) is 19.4. The fourth-order valence-corrected chi connectivity index (χ4v) is 2.55. The van der Waals surface area contributed by atoms with E-state index in [2.05, 4.69) is 10.3 Å². The molecule has 0 bridgehead atoms. The number of nitrogens with zero attached hydrogens (tertiary/aromatic N) is 1. The summed E-state index contributed by atoms with van der Waals surface area (Å²) in [5, 5.41) is 2.62. The number of nitrogens with one attached hydrogen (secondary N) is 2. The minimum atomic E-state index is -0.751. The molecule has 3 aromatic rings. The van der Waals surface area contributed by atoms with Crippen LogP contribution >= 0.6 is 0 Å². The summed E-state index contributed by atoms with van der Waals surface area (Å²) in [5.74, 6) is 0.167. The largest absolute Gasteiger partial charge is 0.493 e. The van der Waals surface area contributed by atoms with Crippen molar-refractivity contribution in [2.24, 2.45) is 0 Å². The second kappa shape index (κ2) is 7.61. The van der Waals surface area contributed by atoms with Crippen molar-refractivity contribution in [3.63, 3.8) is 0 Å². The summed E-state index contributed by atoms with van der Waals surface area (Å²) in [6.07, 6.45) is 1.10. The zero-order valence-corrected chi connectivity index (χ0v) is 14.7. The van der Waals surface area contributed by atoms with Gasteiger partial charge in [0.25, 0.3) is 11.5 Å². The molecule has 0 saturated heterocycles. The zero-order valence-electron chi connectivity index (χ0n) is 14.7. The number of para-hydroxylation sites is 1. The molecule has 0 atom stereocenters. The average molecular weight is 367 g/mol. The second-order valence-electron chi connectivity index (χ2n) is 5.51. The Morgan fingerprint density at radius 2 is 1.70 bits per heavy atom. The summed E-state index contributed by atoms with van der Waals surface area (Å²) in [5.41, 5.74) is -0.852. The molecule has 0 aliphatic heterocycles. The van der Waals surface area contributed by atoms with E-state index in [1.807, 2.05) is 0 Å². The summed E-state index contributed by atoms with van der Waals surface area (Å²) in [7, 11) is 2.92. The summed E-state index contributed by atoms with van der Waals surface area (Å²) in [6.45, 7) is 0. The molecule has 0 aliphatic rings. The van der Waals surface area contributed by atoms with E-state index in [4.69, 9.17) is 9.47 Å². The van der Waals surface area contributed by atoms with Gasteiger partial charge in [-0.05, 0) is 24.3 Å². The van der Waals surface area contributed by atoms with Crippen molar-refractivity contribution in [2.75, 3.05) is 19.5 Å². The summed E-state index contributed by atoms with van der Waals surface area (Å²) in [6, 6.07) is 13.3. The number of rotatable bonds is 5. The summed E-state index contributed by atoms with van der Waals surface area (Å²) in [4.78, 5) is 39.9. The van der Waals surface area contributed by atoms with Crippen molar-refractivity contribution < 1.29 is 14.3 Å². The van der Waals surface area contributed by atoms with E-state index >= 15 is 0 Å². The van der Waals surface area contributed by atoms with Gasteiger partial charge in [0.15, 0.2) is 11.5 Å². The highest BCUT2D eigenvalue weighted by Gasteiger charge is 2.17. The first-order valence-electron chi connectivity index (χ1n) is 7.98. The Labute approximate surface area is 154 Å². The lowest BCUT2D eigenvalue weighted by Crippen LogP contribution is -2.38. The van der Waals surface area contributed by atoms with E-state index in [9.17, 15) is 14.4 Å². The maximum Gasteiger partial charge on any atom is 0.333 e. The van der Waals surface area contributed by atoms with Crippen LogP contribution in [0.1, 0.15) is 10.4 Å². The molecule has 138 valence electrons. The van der Waals surface area contributed by atoms with Crippen LogP contribution in [0.25, 0.3) is 5.69 Å². The van der Waals surface area contributed by atoms with E-state index in [0.29, 0.717) is 17.2 Å². The van der Waals surface area contributed by atoms with Crippen LogP contribution in [0, 0.1) is 0 Å². The third-order valence-electron chi connectivity index (χ3n) is 3.88. The topological polar surface area (TPSA) is 102 Å². The fourth-order valence-electron chi connectivity index (χ4n) is 2.55. The van der Waals surface area contributed by atoms with Gasteiger partial charge in [0, 0.05) is 18.0 Å². The smallest absolute Gasteiger partial charge is 0.333 e. The number of aromatic nitrogens is 2. The molecule has 0 radical (unpaired) electrons. The normalized spacial score (nSPS) is 10.3. The van der Waals surface area contributed by atoms with Crippen LogP contribution in [0.15, 0.2) is 64.3 Å². The van der Waals surface area contributed by atoms with Crippen LogP contribution in [-0.4, -0.2) is 29.7 Å². The van der Waals surface area contributed by atoms with E-state index < -0.39 is 17.2 Å². The molecule has 8 nitrogen and oxygen atoms in total. The highest BCUT2D eigenvalue weighted by molar-refractivity contribution is 6.03. The number of ether oxygens (including phenoxy) is 2. The van der Waals surface area contributed by atoms with E-state index in [-0.39, 0.29) is 11.3 Å². The highest BCUT2D eigenvalue weighted by atomic mass is 16.5. The number of methoxy groups -OCH3 is 2. The van der Waals surface area contributed by atoms with Crippen molar-refractivity contribution in [1.29, 1.82) is 0 Å². The van der Waals surface area contributed by atoms with Crippen LogP contribution in [-0.2, 0) is 0 Å². The number of amides is 1. The average Bonchev–Trinajstić information content (AvgIpc) is 2.68. The summed E-state index contributed by atoms with van der Waals surface area (Å²) >= 11 is 0. The molecule has 2 N–H and O–H groups in total. The van der Waals surface area contributed by atoms with Crippen LogP contribution in [0.2, 0.25) is 0 Å². The van der Waals surface area contributed by atoms with Crippen molar-refractivity contribution >= 4 is 11.6 Å². The Bertz CT molecular complexity index is 1090. The van der Waals surface area contributed by atoms with Gasteiger partial charge in [-0.2, -0.15) is 0 Å². The predicted molar refractivity (Wildman–Crippen MR) is 100 cm³/mol. The molecule has 2 aromatic carbocycles.